The average Bonchev–Trinajstić information content (AvgIpc) is 2.69. The van der Waals surface area contributed by atoms with E-state index in [1.54, 1.807) is 42.7 Å². The van der Waals surface area contributed by atoms with Crippen molar-refractivity contribution >= 4 is 79.6 Å². The summed E-state index contributed by atoms with van der Waals surface area (Å²) in [6.07, 6.45) is 3.33. The first-order valence-electron chi connectivity index (χ1n) is 7.91. The zero-order chi connectivity index (χ0) is 20.3. The van der Waals surface area contributed by atoms with E-state index in [2.05, 4.69) is 31.5 Å². The van der Waals surface area contributed by atoms with E-state index in [1.165, 1.54) is 0 Å². The Morgan fingerprint density at radius 3 is 2.39 bits per heavy atom. The van der Waals surface area contributed by atoms with Crippen molar-refractivity contribution in [1.29, 1.82) is 0 Å². The van der Waals surface area contributed by atoms with Crippen molar-refractivity contribution in [2.45, 2.75) is 5.50 Å². The fourth-order valence-corrected chi connectivity index (χ4v) is 3.49. The molecule has 0 aliphatic carbocycles. The predicted octanol–water partition coefficient (Wildman–Crippen LogP) is 7.09. The number of alkyl halides is 1. The molecule has 0 radical (unpaired) electrons. The van der Waals surface area contributed by atoms with Crippen LogP contribution in [-0.4, -0.2) is 16.4 Å². The molecule has 4 nitrogen and oxygen atoms in total. The number of hydrogen-bond donors (Lipinski definition) is 2. The molecule has 1 aromatic heterocycles. The van der Waals surface area contributed by atoms with Crippen molar-refractivity contribution in [1.82, 2.24) is 4.98 Å². The second-order valence-electron chi connectivity index (χ2n) is 5.65. The molecule has 1 amide bonds. The van der Waals surface area contributed by atoms with E-state index < -0.39 is 11.4 Å². The first-order valence-corrected chi connectivity index (χ1v) is 10.3. The highest BCUT2D eigenvalue weighted by atomic mass is 79.9. The largest absolute Gasteiger partial charge is 0.360 e. The van der Waals surface area contributed by atoms with Crippen molar-refractivity contribution in [2.24, 2.45) is 0 Å². The summed E-state index contributed by atoms with van der Waals surface area (Å²) in [5.74, 6) is -0.467. The van der Waals surface area contributed by atoms with Crippen LogP contribution in [-0.2, 0) is 4.79 Å². The molecular formula is C19H12BrCl4N3O. The molecule has 0 saturated heterocycles. The van der Waals surface area contributed by atoms with Crippen molar-refractivity contribution in [3.63, 3.8) is 0 Å². The highest BCUT2D eigenvalue weighted by molar-refractivity contribution is 9.10. The van der Waals surface area contributed by atoms with Gasteiger partial charge in [-0.1, -0.05) is 52.5 Å². The second-order valence-corrected chi connectivity index (χ2v) is 8.10. The second kappa shape index (κ2) is 9.33. The molecule has 0 aliphatic rings. The summed E-state index contributed by atoms with van der Waals surface area (Å²) in [6.45, 7) is 0. The van der Waals surface area contributed by atoms with Gasteiger partial charge in [-0.05, 0) is 57.9 Å². The van der Waals surface area contributed by atoms with Gasteiger partial charge in [0.05, 0.1) is 20.8 Å². The number of halogens is 5. The lowest BCUT2D eigenvalue weighted by atomic mass is 10.1. The Hall–Kier alpha value is -1.50. The zero-order valence-electron chi connectivity index (χ0n) is 14.0. The van der Waals surface area contributed by atoms with Crippen LogP contribution in [0.5, 0.6) is 0 Å². The van der Waals surface area contributed by atoms with Crippen LogP contribution < -0.4 is 10.6 Å². The van der Waals surface area contributed by atoms with Gasteiger partial charge in [0.2, 0.25) is 0 Å². The van der Waals surface area contributed by atoms with Gasteiger partial charge >= 0.3 is 0 Å². The monoisotopic (exact) mass is 517 g/mol. The molecular weight excluding hydrogens is 508 g/mol. The number of benzene rings is 2. The molecule has 0 aliphatic heterocycles. The number of hydrogen-bond acceptors (Lipinski definition) is 3. The fraction of sp³-hybridized carbons (Fsp3) is 0.0526. The first kappa shape index (κ1) is 21.2. The van der Waals surface area contributed by atoms with Crippen LogP contribution in [0.15, 0.2) is 59.3 Å². The Balaban J connectivity index is 1.74. The highest BCUT2D eigenvalue weighted by Crippen LogP contribution is 2.38. The minimum atomic E-state index is -1.08. The highest BCUT2D eigenvalue weighted by Gasteiger charge is 2.19. The fourth-order valence-electron chi connectivity index (χ4n) is 2.40. The summed E-state index contributed by atoms with van der Waals surface area (Å²) in [5.41, 5.74) is 1.50. The number of nitrogens with one attached hydrogen (secondary N) is 2. The third-order valence-corrected chi connectivity index (χ3v) is 6.19. The SMILES string of the molecule is O=C(Nc1ccc(Br)c(Cl)c1)C(Cl)Nc1ccc(-c2ccncc2)c(Cl)c1Cl. The quantitative estimate of drug-likeness (QED) is 0.279. The Morgan fingerprint density at radius 1 is 1.00 bits per heavy atom. The van der Waals surface area contributed by atoms with Gasteiger partial charge in [-0.15, -0.1) is 0 Å². The van der Waals surface area contributed by atoms with Crippen LogP contribution in [0, 0.1) is 0 Å². The Bertz CT molecular complexity index is 1020. The molecule has 2 aromatic carbocycles. The molecule has 0 spiro atoms. The Morgan fingerprint density at radius 2 is 1.71 bits per heavy atom. The number of carbonyl (C=O) groups is 1. The van der Waals surface area contributed by atoms with Crippen LogP contribution in [0.3, 0.4) is 0 Å². The molecule has 1 unspecified atom stereocenters. The summed E-state index contributed by atoms with van der Waals surface area (Å²) in [7, 11) is 0. The molecule has 3 aromatic rings. The Labute approximate surface area is 190 Å². The van der Waals surface area contributed by atoms with Crippen molar-refractivity contribution < 1.29 is 4.79 Å². The molecule has 9 heteroatoms. The van der Waals surface area contributed by atoms with Crippen LogP contribution >= 0.6 is 62.3 Å². The zero-order valence-corrected chi connectivity index (χ0v) is 18.6. The van der Waals surface area contributed by atoms with Gasteiger partial charge in [-0.2, -0.15) is 0 Å². The van der Waals surface area contributed by atoms with E-state index >= 15 is 0 Å². The van der Waals surface area contributed by atoms with Crippen LogP contribution in [0.4, 0.5) is 11.4 Å². The summed E-state index contributed by atoms with van der Waals surface area (Å²) in [5, 5.41) is 6.62. The molecule has 0 saturated carbocycles. The van der Waals surface area contributed by atoms with Gasteiger partial charge < -0.3 is 10.6 Å². The van der Waals surface area contributed by atoms with Gasteiger partial charge in [-0.25, -0.2) is 0 Å². The molecule has 0 bridgehead atoms. The van der Waals surface area contributed by atoms with E-state index in [0.29, 0.717) is 21.4 Å². The Kier molecular flexibility index (Phi) is 7.07. The maximum Gasteiger partial charge on any atom is 0.262 e. The molecule has 28 heavy (non-hydrogen) atoms. The van der Waals surface area contributed by atoms with E-state index in [9.17, 15) is 4.79 Å². The summed E-state index contributed by atoms with van der Waals surface area (Å²) in [6, 6.07) is 12.2. The smallest absolute Gasteiger partial charge is 0.262 e. The third-order valence-electron chi connectivity index (χ3n) is 3.77. The number of amides is 1. The molecule has 2 N–H and O–H groups in total. The van der Waals surface area contributed by atoms with Crippen molar-refractivity contribution in [2.75, 3.05) is 10.6 Å². The summed E-state index contributed by atoms with van der Waals surface area (Å²) >= 11 is 28.3. The lowest BCUT2D eigenvalue weighted by molar-refractivity contribution is -0.115. The van der Waals surface area contributed by atoms with Gasteiger partial charge in [0.1, 0.15) is 0 Å². The minimum Gasteiger partial charge on any atom is -0.360 e. The predicted molar refractivity (Wildman–Crippen MR) is 121 cm³/mol. The van der Waals surface area contributed by atoms with Gasteiger partial charge in [0.25, 0.3) is 5.91 Å². The molecule has 1 heterocycles. The van der Waals surface area contributed by atoms with Gasteiger partial charge in [0.15, 0.2) is 5.50 Å². The lowest BCUT2D eigenvalue weighted by Gasteiger charge is -2.17. The molecule has 0 fully saturated rings. The topological polar surface area (TPSA) is 54.0 Å². The normalized spacial score (nSPS) is 11.8. The van der Waals surface area contributed by atoms with Crippen LogP contribution in [0.1, 0.15) is 0 Å². The summed E-state index contributed by atoms with van der Waals surface area (Å²) in [4.78, 5) is 16.3. The van der Waals surface area contributed by atoms with Crippen LogP contribution in [0.2, 0.25) is 15.1 Å². The minimum absolute atomic E-state index is 0.265. The third kappa shape index (κ3) is 4.91. The number of aromatic nitrogens is 1. The molecule has 144 valence electrons. The number of carbonyl (C=O) groups excluding carboxylic acids is 1. The van der Waals surface area contributed by atoms with Crippen molar-refractivity contribution in [3.05, 3.63) is 74.4 Å². The van der Waals surface area contributed by atoms with E-state index in [1.807, 2.05) is 12.1 Å². The lowest BCUT2D eigenvalue weighted by Crippen LogP contribution is -2.30. The number of rotatable bonds is 5. The number of anilines is 2. The molecule has 3 rings (SSSR count). The summed E-state index contributed by atoms with van der Waals surface area (Å²) < 4.78 is 0.725. The average molecular weight is 520 g/mol. The van der Waals surface area contributed by atoms with Gasteiger partial charge in [0, 0.05) is 28.1 Å². The van der Waals surface area contributed by atoms with Crippen LogP contribution in [0.25, 0.3) is 11.1 Å². The maximum atomic E-state index is 12.4. The standard InChI is InChI=1S/C19H12BrCl4N3O/c20-13-3-1-11(9-14(13)21)26-19(28)18(24)27-15-4-2-12(16(22)17(15)23)10-5-7-25-8-6-10/h1-9,18,27H,(H,26,28). The van der Waals surface area contributed by atoms with Crippen molar-refractivity contribution in [3.8, 4) is 11.1 Å². The van der Waals surface area contributed by atoms with Gasteiger partial charge in [-0.3, -0.25) is 9.78 Å². The van der Waals surface area contributed by atoms with E-state index in [4.69, 9.17) is 46.4 Å². The number of pyridine rings is 1. The molecule has 1 atom stereocenters. The number of nitrogens with zero attached hydrogens (tertiary/aromatic N) is 1. The maximum absolute atomic E-state index is 12.4. The van der Waals surface area contributed by atoms with E-state index in [0.717, 1.165) is 15.6 Å². The van der Waals surface area contributed by atoms with E-state index in [-0.39, 0.29) is 5.02 Å². The first-order chi connectivity index (χ1) is 13.4.